The van der Waals surface area contributed by atoms with Crippen molar-refractivity contribution in [1.82, 2.24) is 9.80 Å². The molecule has 4 heteroatoms. The van der Waals surface area contributed by atoms with E-state index in [4.69, 9.17) is 4.74 Å². The van der Waals surface area contributed by atoms with Crippen molar-refractivity contribution in [3.05, 3.63) is 94.6 Å². The molecule has 0 fully saturated rings. The minimum Gasteiger partial charge on any atom is -0.491 e. The second-order valence-electron chi connectivity index (χ2n) is 9.60. The van der Waals surface area contributed by atoms with Gasteiger partial charge in [0.15, 0.2) is 5.78 Å². The molecule has 36 heavy (non-hydrogen) atoms. The Morgan fingerprint density at radius 2 is 1.58 bits per heavy atom. The summed E-state index contributed by atoms with van der Waals surface area (Å²) < 4.78 is 6.06. The van der Waals surface area contributed by atoms with Gasteiger partial charge in [-0.15, -0.1) is 0 Å². The Balaban J connectivity index is 1.94. The molecule has 0 bridgehead atoms. The van der Waals surface area contributed by atoms with Crippen molar-refractivity contribution in [3.8, 4) is 16.9 Å². The van der Waals surface area contributed by atoms with Gasteiger partial charge in [0.1, 0.15) is 12.4 Å². The van der Waals surface area contributed by atoms with E-state index >= 15 is 0 Å². The van der Waals surface area contributed by atoms with E-state index in [9.17, 15) is 4.79 Å². The first-order valence-corrected chi connectivity index (χ1v) is 12.8. The Morgan fingerprint density at radius 1 is 0.889 bits per heavy atom. The lowest BCUT2D eigenvalue weighted by Gasteiger charge is -2.19. The number of likely N-dealkylation sites (N-methyl/N-ethyl adjacent to an activating group) is 1. The van der Waals surface area contributed by atoms with Crippen LogP contribution in [0.5, 0.6) is 5.75 Å². The molecule has 0 aromatic heterocycles. The predicted molar refractivity (Wildman–Crippen MR) is 152 cm³/mol. The zero-order valence-corrected chi connectivity index (χ0v) is 22.7. The van der Waals surface area contributed by atoms with Crippen molar-refractivity contribution in [3.63, 3.8) is 0 Å². The van der Waals surface area contributed by atoms with Crippen LogP contribution in [-0.2, 0) is 6.54 Å². The zero-order chi connectivity index (χ0) is 26.1. The molecule has 3 aromatic rings. The molecule has 0 aliphatic heterocycles. The van der Waals surface area contributed by atoms with Crippen molar-refractivity contribution >= 4 is 11.9 Å². The number of aryl methyl sites for hydroxylation is 2. The van der Waals surface area contributed by atoms with Gasteiger partial charge >= 0.3 is 0 Å². The first-order valence-electron chi connectivity index (χ1n) is 12.8. The van der Waals surface area contributed by atoms with Crippen LogP contribution < -0.4 is 4.74 Å². The standard InChI is InChI=1S/C32H40N2O2/c1-7-34(8-2)23-28-12-10-9-11-26(28)13-15-31(35)30-22-27(29-20-24(3)19-25(4)21-29)14-16-32(30)36-18-17-33(5)6/h9-16,19-22H,7-8,17-18,23H2,1-6H3/b15-13+. The van der Waals surface area contributed by atoms with Gasteiger partial charge in [-0.3, -0.25) is 9.69 Å². The van der Waals surface area contributed by atoms with E-state index in [2.05, 4.69) is 73.9 Å². The number of hydrogen-bond acceptors (Lipinski definition) is 4. The van der Waals surface area contributed by atoms with Gasteiger partial charge in [0.05, 0.1) is 5.56 Å². The molecular formula is C32H40N2O2. The predicted octanol–water partition coefficient (Wildman–Crippen LogP) is 6.65. The molecule has 0 saturated carbocycles. The number of allylic oxidation sites excluding steroid dienone is 1. The zero-order valence-electron chi connectivity index (χ0n) is 22.7. The quantitative estimate of drug-likeness (QED) is 0.213. The fraction of sp³-hybridized carbons (Fsp3) is 0.344. The van der Waals surface area contributed by atoms with Crippen molar-refractivity contribution in [2.45, 2.75) is 34.2 Å². The Hall–Kier alpha value is -3.21. The summed E-state index contributed by atoms with van der Waals surface area (Å²) >= 11 is 0. The van der Waals surface area contributed by atoms with Crippen molar-refractivity contribution in [2.75, 3.05) is 40.3 Å². The minimum absolute atomic E-state index is 0.0567. The Kier molecular flexibility index (Phi) is 10.0. The summed E-state index contributed by atoms with van der Waals surface area (Å²) in [6.45, 7) is 12.7. The fourth-order valence-corrected chi connectivity index (χ4v) is 4.29. The lowest BCUT2D eigenvalue weighted by Crippen LogP contribution is -2.22. The molecule has 0 N–H and O–H groups in total. The number of ether oxygens (including phenoxy) is 1. The van der Waals surface area contributed by atoms with Gasteiger partial charge in [0, 0.05) is 13.1 Å². The summed E-state index contributed by atoms with van der Waals surface area (Å²) in [6, 6.07) is 20.7. The number of benzene rings is 3. The maximum absolute atomic E-state index is 13.5. The molecule has 4 nitrogen and oxygen atoms in total. The van der Waals surface area contributed by atoms with E-state index in [1.165, 1.54) is 16.7 Å². The van der Waals surface area contributed by atoms with Gasteiger partial charge in [-0.2, -0.15) is 0 Å². The third-order valence-corrected chi connectivity index (χ3v) is 6.35. The minimum atomic E-state index is -0.0567. The van der Waals surface area contributed by atoms with Crippen LogP contribution in [0.15, 0.2) is 66.7 Å². The van der Waals surface area contributed by atoms with Crippen LogP contribution in [0.4, 0.5) is 0 Å². The topological polar surface area (TPSA) is 32.8 Å². The van der Waals surface area contributed by atoms with Crippen LogP contribution in [0.25, 0.3) is 17.2 Å². The number of carbonyl (C=O) groups excluding carboxylic acids is 1. The van der Waals surface area contributed by atoms with Crippen LogP contribution in [0.2, 0.25) is 0 Å². The second kappa shape index (κ2) is 13.2. The van der Waals surface area contributed by atoms with Crippen LogP contribution in [-0.4, -0.2) is 55.9 Å². The molecule has 0 aliphatic carbocycles. The third-order valence-electron chi connectivity index (χ3n) is 6.35. The summed E-state index contributed by atoms with van der Waals surface area (Å²) in [4.78, 5) is 18.0. The number of rotatable bonds is 12. The highest BCUT2D eigenvalue weighted by atomic mass is 16.5. The van der Waals surface area contributed by atoms with Gasteiger partial charge in [-0.25, -0.2) is 0 Å². The molecule has 0 saturated heterocycles. The summed E-state index contributed by atoms with van der Waals surface area (Å²) in [5.74, 6) is 0.565. The molecule has 0 spiro atoms. The molecule has 0 heterocycles. The van der Waals surface area contributed by atoms with E-state index in [0.717, 1.165) is 42.9 Å². The molecular weight excluding hydrogens is 444 g/mol. The van der Waals surface area contributed by atoms with Gasteiger partial charge in [0.2, 0.25) is 0 Å². The van der Waals surface area contributed by atoms with E-state index in [-0.39, 0.29) is 5.78 Å². The van der Waals surface area contributed by atoms with E-state index in [1.54, 1.807) is 6.08 Å². The molecule has 0 radical (unpaired) electrons. The van der Waals surface area contributed by atoms with Gasteiger partial charge in [-0.05, 0) is 81.5 Å². The molecule has 0 amide bonds. The molecule has 3 aromatic carbocycles. The van der Waals surface area contributed by atoms with Crippen LogP contribution in [0, 0.1) is 13.8 Å². The smallest absolute Gasteiger partial charge is 0.189 e. The van der Waals surface area contributed by atoms with Gasteiger partial charge in [-0.1, -0.05) is 79.6 Å². The average molecular weight is 485 g/mol. The van der Waals surface area contributed by atoms with E-state index in [1.807, 2.05) is 44.4 Å². The highest BCUT2D eigenvalue weighted by Gasteiger charge is 2.14. The van der Waals surface area contributed by atoms with Crippen molar-refractivity contribution < 1.29 is 9.53 Å². The maximum Gasteiger partial charge on any atom is 0.189 e. The van der Waals surface area contributed by atoms with E-state index < -0.39 is 0 Å². The highest BCUT2D eigenvalue weighted by molar-refractivity contribution is 6.09. The average Bonchev–Trinajstić information content (AvgIpc) is 2.85. The summed E-state index contributed by atoms with van der Waals surface area (Å²) in [5.41, 5.74) is 7.40. The largest absolute Gasteiger partial charge is 0.491 e. The molecule has 190 valence electrons. The first-order chi connectivity index (χ1) is 17.3. The molecule has 0 atom stereocenters. The highest BCUT2D eigenvalue weighted by Crippen LogP contribution is 2.29. The Morgan fingerprint density at radius 3 is 2.25 bits per heavy atom. The lowest BCUT2D eigenvalue weighted by molar-refractivity contribution is 0.104. The lowest BCUT2D eigenvalue weighted by atomic mass is 9.97. The normalized spacial score (nSPS) is 11.6. The van der Waals surface area contributed by atoms with Gasteiger partial charge < -0.3 is 9.64 Å². The SMILES string of the molecule is CCN(CC)Cc1ccccc1/C=C/C(=O)c1cc(-c2cc(C)cc(C)c2)ccc1OCCN(C)C. The number of carbonyl (C=O) groups is 1. The van der Waals surface area contributed by atoms with E-state index in [0.29, 0.717) is 17.9 Å². The number of hydrogen-bond donors (Lipinski definition) is 0. The van der Waals surface area contributed by atoms with Crippen molar-refractivity contribution in [1.29, 1.82) is 0 Å². The Bertz CT molecular complexity index is 1170. The van der Waals surface area contributed by atoms with Crippen molar-refractivity contribution in [2.24, 2.45) is 0 Å². The Labute approximate surface area is 217 Å². The third kappa shape index (κ3) is 7.64. The molecule has 0 unspecified atom stereocenters. The molecule has 3 rings (SSSR count). The summed E-state index contributed by atoms with van der Waals surface area (Å²) in [5, 5.41) is 0. The fourth-order valence-electron chi connectivity index (χ4n) is 4.29. The van der Waals surface area contributed by atoms with Crippen LogP contribution in [0.1, 0.15) is 46.5 Å². The summed E-state index contributed by atoms with van der Waals surface area (Å²) in [6.07, 6.45) is 3.62. The number of nitrogens with zero attached hydrogens (tertiary/aromatic N) is 2. The van der Waals surface area contributed by atoms with Crippen LogP contribution >= 0.6 is 0 Å². The van der Waals surface area contributed by atoms with Gasteiger partial charge in [0.25, 0.3) is 0 Å². The monoisotopic (exact) mass is 484 g/mol. The first kappa shape index (κ1) is 27.4. The number of ketones is 1. The summed E-state index contributed by atoms with van der Waals surface area (Å²) in [7, 11) is 4.02. The molecule has 0 aliphatic rings. The van der Waals surface area contributed by atoms with Crippen LogP contribution in [0.3, 0.4) is 0 Å². The maximum atomic E-state index is 13.5. The second-order valence-corrected chi connectivity index (χ2v) is 9.60.